The smallest absolute Gasteiger partial charge is 0.335 e. The molecule has 0 bridgehead atoms. The van der Waals surface area contributed by atoms with E-state index in [1.165, 1.54) is 6.07 Å². The van der Waals surface area contributed by atoms with Crippen molar-refractivity contribution in [3.05, 3.63) is 33.4 Å². The van der Waals surface area contributed by atoms with Crippen molar-refractivity contribution < 1.29 is 19.6 Å². The van der Waals surface area contributed by atoms with E-state index in [-0.39, 0.29) is 11.3 Å². The van der Waals surface area contributed by atoms with Crippen LogP contribution in [0.1, 0.15) is 43.1 Å². The molecule has 1 saturated heterocycles. The Labute approximate surface area is 147 Å². The van der Waals surface area contributed by atoms with Crippen LogP contribution in [0.25, 0.3) is 0 Å². The Morgan fingerprint density at radius 3 is 2.52 bits per heavy atom. The zero-order chi connectivity index (χ0) is 18.8. The van der Waals surface area contributed by atoms with Crippen LogP contribution in [0, 0.1) is 10.1 Å². The van der Waals surface area contributed by atoms with Gasteiger partial charge in [-0.15, -0.1) is 0 Å². The summed E-state index contributed by atoms with van der Waals surface area (Å²) in [7, 11) is 0. The van der Waals surface area contributed by atoms with E-state index in [2.05, 4.69) is 10.2 Å². The van der Waals surface area contributed by atoms with Crippen LogP contribution in [0.4, 0.5) is 11.4 Å². The van der Waals surface area contributed by atoms with E-state index in [4.69, 9.17) is 4.74 Å². The van der Waals surface area contributed by atoms with Crippen molar-refractivity contribution in [2.45, 2.75) is 33.7 Å². The SMILES string of the molecule is CC.CCCNc1c(CN2CCOCC2)cc(C(=O)O)cc1[N+](=O)[O-]. The van der Waals surface area contributed by atoms with Crippen molar-refractivity contribution in [1.82, 2.24) is 4.90 Å². The van der Waals surface area contributed by atoms with E-state index in [1.807, 2.05) is 20.8 Å². The number of ether oxygens (including phenoxy) is 1. The monoisotopic (exact) mass is 353 g/mol. The van der Waals surface area contributed by atoms with Crippen LogP contribution < -0.4 is 5.32 Å². The lowest BCUT2D eigenvalue weighted by Gasteiger charge is -2.27. The highest BCUT2D eigenvalue weighted by atomic mass is 16.6. The van der Waals surface area contributed by atoms with Gasteiger partial charge in [0, 0.05) is 32.2 Å². The maximum absolute atomic E-state index is 11.3. The number of nitrogens with one attached hydrogen (secondary N) is 1. The summed E-state index contributed by atoms with van der Waals surface area (Å²) in [6.07, 6.45) is 0.814. The lowest BCUT2D eigenvalue weighted by Crippen LogP contribution is -2.36. The zero-order valence-corrected chi connectivity index (χ0v) is 15.1. The van der Waals surface area contributed by atoms with Crippen LogP contribution in [0.5, 0.6) is 0 Å². The van der Waals surface area contributed by atoms with Gasteiger partial charge in [-0.05, 0) is 18.1 Å². The molecule has 0 saturated carbocycles. The molecule has 1 aromatic rings. The van der Waals surface area contributed by atoms with Crippen molar-refractivity contribution in [2.24, 2.45) is 0 Å². The first-order valence-electron chi connectivity index (χ1n) is 8.61. The van der Waals surface area contributed by atoms with E-state index in [1.54, 1.807) is 0 Å². The molecule has 2 rings (SSSR count). The van der Waals surface area contributed by atoms with Crippen molar-refractivity contribution in [3.63, 3.8) is 0 Å². The quantitative estimate of drug-likeness (QED) is 0.573. The fourth-order valence-electron chi connectivity index (χ4n) is 2.53. The number of hydrogen-bond donors (Lipinski definition) is 2. The highest BCUT2D eigenvalue weighted by Gasteiger charge is 2.23. The third kappa shape index (κ3) is 5.99. The van der Waals surface area contributed by atoms with E-state index >= 15 is 0 Å². The third-order valence-electron chi connectivity index (χ3n) is 3.69. The Morgan fingerprint density at radius 1 is 1.36 bits per heavy atom. The van der Waals surface area contributed by atoms with Crippen LogP contribution in [-0.2, 0) is 11.3 Å². The van der Waals surface area contributed by atoms with Gasteiger partial charge in [0.05, 0.1) is 23.7 Å². The standard InChI is InChI=1S/C15H21N3O5.C2H6/c1-2-3-16-14-12(10-17-4-6-23-7-5-17)8-11(15(19)20)9-13(14)18(21)22;1-2/h8-9,16H,2-7,10H2,1H3,(H,19,20);1-2H3. The molecule has 8 nitrogen and oxygen atoms in total. The summed E-state index contributed by atoms with van der Waals surface area (Å²) in [6, 6.07) is 2.63. The number of morpholine rings is 1. The van der Waals surface area contributed by atoms with Crippen LogP contribution in [-0.4, -0.2) is 53.7 Å². The molecule has 0 amide bonds. The van der Waals surface area contributed by atoms with Gasteiger partial charge in [0.2, 0.25) is 0 Å². The maximum atomic E-state index is 11.3. The van der Waals surface area contributed by atoms with Crippen LogP contribution in [0.15, 0.2) is 12.1 Å². The summed E-state index contributed by atoms with van der Waals surface area (Å²) in [4.78, 5) is 24.2. The Hall–Kier alpha value is -2.19. The molecular weight excluding hydrogens is 326 g/mol. The number of carbonyl (C=O) groups is 1. The molecule has 25 heavy (non-hydrogen) atoms. The molecule has 0 spiro atoms. The van der Waals surface area contributed by atoms with Crippen molar-refractivity contribution in [3.8, 4) is 0 Å². The van der Waals surface area contributed by atoms with E-state index in [9.17, 15) is 20.0 Å². The lowest BCUT2D eigenvalue weighted by atomic mass is 10.0. The first-order chi connectivity index (χ1) is 12.0. The minimum atomic E-state index is -1.17. The fourth-order valence-corrected chi connectivity index (χ4v) is 2.53. The normalized spacial score (nSPS) is 14.4. The minimum absolute atomic E-state index is 0.0676. The number of nitrogens with zero attached hydrogens (tertiary/aromatic N) is 2. The molecule has 1 aromatic carbocycles. The van der Waals surface area contributed by atoms with Gasteiger partial charge in [-0.3, -0.25) is 15.0 Å². The molecule has 0 atom stereocenters. The number of rotatable bonds is 7. The Kier molecular flexibility index (Phi) is 8.87. The van der Waals surface area contributed by atoms with Crippen molar-refractivity contribution in [2.75, 3.05) is 38.2 Å². The Bertz CT molecular complexity index is 586. The van der Waals surface area contributed by atoms with E-state index in [0.717, 1.165) is 25.6 Å². The highest BCUT2D eigenvalue weighted by Crippen LogP contribution is 2.31. The van der Waals surface area contributed by atoms with Gasteiger partial charge in [-0.1, -0.05) is 20.8 Å². The number of nitro benzene ring substituents is 1. The largest absolute Gasteiger partial charge is 0.478 e. The van der Waals surface area contributed by atoms with Crippen molar-refractivity contribution >= 4 is 17.3 Å². The average molecular weight is 353 g/mol. The summed E-state index contributed by atoms with van der Waals surface area (Å²) in [5, 5.41) is 23.6. The molecule has 8 heteroatoms. The molecule has 0 radical (unpaired) electrons. The Morgan fingerprint density at radius 2 is 2.00 bits per heavy atom. The predicted octanol–water partition coefficient (Wildman–Crippen LogP) is 2.97. The molecular formula is C17H27N3O5. The fraction of sp³-hybridized carbons (Fsp3) is 0.588. The molecule has 1 fully saturated rings. The van der Waals surface area contributed by atoms with Gasteiger partial charge in [-0.25, -0.2) is 4.79 Å². The lowest BCUT2D eigenvalue weighted by molar-refractivity contribution is -0.384. The first-order valence-corrected chi connectivity index (χ1v) is 8.61. The zero-order valence-electron chi connectivity index (χ0n) is 15.1. The molecule has 1 aliphatic rings. The molecule has 1 heterocycles. The summed E-state index contributed by atoms with van der Waals surface area (Å²) in [5.41, 5.74) is 0.781. The van der Waals surface area contributed by atoms with E-state index in [0.29, 0.717) is 37.6 Å². The number of anilines is 1. The molecule has 0 aromatic heterocycles. The van der Waals surface area contributed by atoms with Gasteiger partial charge in [0.1, 0.15) is 5.69 Å². The van der Waals surface area contributed by atoms with Gasteiger partial charge >= 0.3 is 5.97 Å². The second kappa shape index (κ2) is 10.6. The van der Waals surface area contributed by atoms with Gasteiger partial charge in [0.25, 0.3) is 5.69 Å². The number of hydrogen-bond acceptors (Lipinski definition) is 6. The average Bonchev–Trinajstić information content (AvgIpc) is 2.62. The van der Waals surface area contributed by atoms with Crippen LogP contribution >= 0.6 is 0 Å². The second-order valence-corrected chi connectivity index (χ2v) is 5.41. The summed E-state index contributed by atoms with van der Waals surface area (Å²) in [5.74, 6) is -1.17. The summed E-state index contributed by atoms with van der Waals surface area (Å²) >= 11 is 0. The highest BCUT2D eigenvalue weighted by molar-refractivity contribution is 5.90. The Balaban J connectivity index is 0.00000151. The number of carboxylic acids is 1. The predicted molar refractivity (Wildman–Crippen MR) is 96.3 cm³/mol. The minimum Gasteiger partial charge on any atom is -0.478 e. The number of carboxylic acid groups (broad SMARTS) is 1. The number of aromatic carboxylic acids is 1. The van der Waals surface area contributed by atoms with Crippen molar-refractivity contribution in [1.29, 1.82) is 0 Å². The molecule has 1 aliphatic heterocycles. The number of nitro groups is 1. The number of benzene rings is 1. The molecule has 2 N–H and O–H groups in total. The van der Waals surface area contributed by atoms with Crippen LogP contribution in [0.2, 0.25) is 0 Å². The maximum Gasteiger partial charge on any atom is 0.335 e. The third-order valence-corrected chi connectivity index (χ3v) is 3.69. The summed E-state index contributed by atoms with van der Waals surface area (Å²) < 4.78 is 5.30. The topological polar surface area (TPSA) is 105 Å². The second-order valence-electron chi connectivity index (χ2n) is 5.41. The van der Waals surface area contributed by atoms with Gasteiger partial charge < -0.3 is 15.2 Å². The van der Waals surface area contributed by atoms with Crippen LogP contribution in [0.3, 0.4) is 0 Å². The molecule has 0 unspecified atom stereocenters. The first kappa shape index (κ1) is 20.9. The van der Waals surface area contributed by atoms with Gasteiger partial charge in [0.15, 0.2) is 0 Å². The van der Waals surface area contributed by atoms with Gasteiger partial charge in [-0.2, -0.15) is 0 Å². The molecule has 140 valence electrons. The molecule has 0 aliphatic carbocycles. The summed E-state index contributed by atoms with van der Waals surface area (Å²) in [6.45, 7) is 9.67. The van der Waals surface area contributed by atoms with E-state index < -0.39 is 10.9 Å².